The van der Waals surface area contributed by atoms with Crippen molar-refractivity contribution in [3.8, 4) is 11.6 Å². The lowest BCUT2D eigenvalue weighted by atomic mass is 10.1. The van der Waals surface area contributed by atoms with Crippen LogP contribution in [-0.2, 0) is 11.8 Å². The van der Waals surface area contributed by atoms with Gasteiger partial charge in [-0.15, -0.1) is 0 Å². The highest BCUT2D eigenvalue weighted by Gasteiger charge is 2.35. The maximum Gasteiger partial charge on any atom is 0.413 e. The average Bonchev–Trinajstić information content (AvgIpc) is 3.21. The maximum atomic E-state index is 13.8. The Bertz CT molecular complexity index is 1630. The molecular formula is C31H36F3N7O3. The van der Waals surface area contributed by atoms with Crippen LogP contribution >= 0.6 is 0 Å². The average molecular weight is 612 g/mol. The number of likely N-dealkylation sites (N-methyl/N-ethyl adjacent to an activating group) is 2. The summed E-state index contributed by atoms with van der Waals surface area (Å²) in [6.45, 7) is 3.75. The van der Waals surface area contributed by atoms with Gasteiger partial charge in [0, 0.05) is 68.6 Å². The zero-order chi connectivity index (χ0) is 31.6. The number of hydrogen-bond donors (Lipinski definition) is 1. The smallest absolute Gasteiger partial charge is 0.413 e. The Balaban J connectivity index is 1.45. The molecule has 1 fully saturated rings. The summed E-state index contributed by atoms with van der Waals surface area (Å²) in [6.07, 6.45) is -0.834. The van der Waals surface area contributed by atoms with E-state index >= 15 is 0 Å². The van der Waals surface area contributed by atoms with Gasteiger partial charge in [0.25, 0.3) is 5.91 Å². The molecular weight excluding hydrogens is 575 g/mol. The molecule has 2 aliphatic rings. The number of nitrogens with one attached hydrogen (secondary N) is 1. The van der Waals surface area contributed by atoms with E-state index in [1.807, 2.05) is 11.0 Å². The first kappa shape index (κ1) is 31.1. The summed E-state index contributed by atoms with van der Waals surface area (Å²) in [5.74, 6) is 0.978. The first-order valence-electron chi connectivity index (χ1n) is 14.2. The Labute approximate surface area is 254 Å². The van der Waals surface area contributed by atoms with Crippen LogP contribution in [0.3, 0.4) is 0 Å². The number of carbonyl (C=O) groups excluding carboxylic acids is 1. The Kier molecular flexibility index (Phi) is 8.97. The van der Waals surface area contributed by atoms with Gasteiger partial charge in [-0.05, 0) is 45.8 Å². The van der Waals surface area contributed by atoms with Crippen molar-refractivity contribution in [2.45, 2.75) is 12.6 Å². The minimum atomic E-state index is -4.57. The fraction of sp³-hybridized carbons (Fsp3) is 0.387. The Hall–Kier alpha value is -4.36. The second-order valence-corrected chi connectivity index (χ2v) is 11.1. The molecule has 1 saturated heterocycles. The quantitative estimate of drug-likeness (QED) is 0.399. The number of carbonyl (C=O) groups is 1. The molecule has 0 unspecified atom stereocenters. The third kappa shape index (κ3) is 6.73. The van der Waals surface area contributed by atoms with E-state index in [1.54, 1.807) is 56.2 Å². The van der Waals surface area contributed by atoms with Crippen molar-refractivity contribution >= 4 is 22.8 Å². The van der Waals surface area contributed by atoms with Gasteiger partial charge in [-0.25, -0.2) is 4.98 Å². The fourth-order valence-electron chi connectivity index (χ4n) is 5.33. The molecule has 1 aromatic carbocycles. The molecule has 1 amide bonds. The van der Waals surface area contributed by atoms with Crippen molar-refractivity contribution in [1.29, 1.82) is 0 Å². The number of para-hydroxylation sites is 1. The molecule has 0 bridgehead atoms. The predicted octanol–water partition coefficient (Wildman–Crippen LogP) is 4.48. The van der Waals surface area contributed by atoms with E-state index in [2.05, 4.69) is 32.1 Å². The number of piperazine rings is 1. The van der Waals surface area contributed by atoms with Gasteiger partial charge >= 0.3 is 6.18 Å². The van der Waals surface area contributed by atoms with Crippen molar-refractivity contribution in [3.05, 3.63) is 77.0 Å². The lowest BCUT2D eigenvalue weighted by Crippen LogP contribution is -2.45. The standard InChI is InChI=1S/C31H36F3N7O3/c1-38(2)19-21-9-10-22(31(32,33)34)18-23(28(21)43-5)36-29(42)24-17-20-7-6-8-25(27(20)40(24)4)44-26-11-12-35-30(37-26)41-15-13-39(3)14-16-41/h6-9,11-12,17-18H,10,13-16,19H2,1-5H3,(H,36,42). The summed E-state index contributed by atoms with van der Waals surface area (Å²) in [5.41, 5.74) is 0.541. The molecule has 3 heterocycles. The van der Waals surface area contributed by atoms with Crippen LogP contribution in [0, 0.1) is 0 Å². The molecule has 0 radical (unpaired) electrons. The molecule has 1 aliphatic carbocycles. The molecule has 0 saturated carbocycles. The van der Waals surface area contributed by atoms with E-state index in [-0.39, 0.29) is 23.6 Å². The van der Waals surface area contributed by atoms with Crippen LogP contribution in [0.1, 0.15) is 16.9 Å². The van der Waals surface area contributed by atoms with Gasteiger partial charge in [0.1, 0.15) is 11.5 Å². The lowest BCUT2D eigenvalue weighted by molar-refractivity contribution is -0.0929. The van der Waals surface area contributed by atoms with Crippen molar-refractivity contribution in [2.24, 2.45) is 7.05 Å². The summed E-state index contributed by atoms with van der Waals surface area (Å²) >= 11 is 0. The highest BCUT2D eigenvalue weighted by Crippen LogP contribution is 2.35. The van der Waals surface area contributed by atoms with Crippen LogP contribution in [0.15, 0.2) is 71.3 Å². The highest BCUT2D eigenvalue weighted by molar-refractivity contribution is 6.01. The summed E-state index contributed by atoms with van der Waals surface area (Å²) in [4.78, 5) is 28.8. The number of aryl methyl sites for hydroxylation is 1. The number of aromatic nitrogens is 3. The minimum absolute atomic E-state index is 0.0606. The van der Waals surface area contributed by atoms with E-state index in [0.717, 1.165) is 32.3 Å². The zero-order valence-corrected chi connectivity index (χ0v) is 25.4. The second-order valence-electron chi connectivity index (χ2n) is 11.1. The van der Waals surface area contributed by atoms with E-state index in [1.165, 1.54) is 13.2 Å². The zero-order valence-electron chi connectivity index (χ0n) is 25.4. The van der Waals surface area contributed by atoms with Crippen LogP contribution in [0.25, 0.3) is 10.9 Å². The number of methoxy groups -OCH3 is 1. The van der Waals surface area contributed by atoms with Crippen LogP contribution in [0.5, 0.6) is 11.6 Å². The molecule has 44 heavy (non-hydrogen) atoms. The van der Waals surface area contributed by atoms with Crippen LogP contribution in [-0.4, -0.2) is 97.4 Å². The van der Waals surface area contributed by atoms with Crippen molar-refractivity contribution in [1.82, 2.24) is 29.7 Å². The Morgan fingerprint density at radius 3 is 2.55 bits per heavy atom. The van der Waals surface area contributed by atoms with Gasteiger partial charge in [-0.1, -0.05) is 18.2 Å². The van der Waals surface area contributed by atoms with E-state index in [4.69, 9.17) is 9.47 Å². The van der Waals surface area contributed by atoms with Gasteiger partial charge in [-0.2, -0.15) is 18.2 Å². The molecule has 0 spiro atoms. The first-order chi connectivity index (χ1) is 20.9. The molecule has 234 valence electrons. The monoisotopic (exact) mass is 611 g/mol. The van der Waals surface area contributed by atoms with Crippen LogP contribution < -0.4 is 15.0 Å². The molecule has 0 atom stereocenters. The van der Waals surface area contributed by atoms with Gasteiger partial charge in [0.2, 0.25) is 11.8 Å². The maximum absolute atomic E-state index is 13.8. The molecule has 3 aromatic rings. The number of nitrogens with zero attached hydrogens (tertiary/aromatic N) is 6. The van der Waals surface area contributed by atoms with Gasteiger partial charge in [-0.3, -0.25) is 4.79 Å². The van der Waals surface area contributed by atoms with Crippen molar-refractivity contribution in [2.75, 3.05) is 65.9 Å². The second kappa shape index (κ2) is 12.7. The molecule has 5 rings (SSSR count). The van der Waals surface area contributed by atoms with Crippen LogP contribution in [0.2, 0.25) is 0 Å². The Morgan fingerprint density at radius 1 is 1.11 bits per heavy atom. The number of hydrogen-bond acceptors (Lipinski definition) is 8. The number of allylic oxidation sites excluding steroid dienone is 3. The number of halogens is 3. The van der Waals surface area contributed by atoms with Gasteiger partial charge in [0.15, 0.2) is 5.75 Å². The summed E-state index contributed by atoms with van der Waals surface area (Å²) in [7, 11) is 8.76. The Morgan fingerprint density at radius 2 is 1.86 bits per heavy atom. The molecule has 1 aliphatic heterocycles. The topological polar surface area (TPSA) is 88.0 Å². The third-order valence-corrected chi connectivity index (χ3v) is 7.60. The highest BCUT2D eigenvalue weighted by atomic mass is 19.4. The normalized spacial score (nSPS) is 16.6. The molecule has 1 N–H and O–H groups in total. The number of amides is 1. The molecule has 10 nitrogen and oxygen atoms in total. The fourth-order valence-corrected chi connectivity index (χ4v) is 5.33. The molecule has 2 aromatic heterocycles. The number of fused-ring (bicyclic) bond motifs is 1. The number of ether oxygens (including phenoxy) is 2. The van der Waals surface area contributed by atoms with Crippen molar-refractivity contribution < 1.29 is 27.4 Å². The van der Waals surface area contributed by atoms with Crippen LogP contribution in [0.4, 0.5) is 19.1 Å². The van der Waals surface area contributed by atoms with Gasteiger partial charge < -0.3 is 34.1 Å². The van der Waals surface area contributed by atoms with E-state index in [9.17, 15) is 18.0 Å². The summed E-state index contributed by atoms with van der Waals surface area (Å²) in [5, 5.41) is 3.40. The summed E-state index contributed by atoms with van der Waals surface area (Å²) in [6, 6.07) is 8.75. The number of rotatable bonds is 8. The van der Waals surface area contributed by atoms with E-state index in [0.29, 0.717) is 40.6 Å². The molecule has 13 heteroatoms. The third-order valence-electron chi connectivity index (χ3n) is 7.60. The number of alkyl halides is 3. The number of anilines is 1. The first-order valence-corrected chi connectivity index (χ1v) is 14.2. The SMILES string of the molecule is COC1=C(NC(=O)c2cc3cccc(Oc4ccnc(N5CCN(C)CC5)n4)c3n2C)C=C(C(F)(F)F)CC=C1CN(C)C. The van der Waals surface area contributed by atoms with Crippen molar-refractivity contribution in [3.63, 3.8) is 0 Å². The predicted molar refractivity (Wildman–Crippen MR) is 162 cm³/mol. The minimum Gasteiger partial charge on any atom is -0.494 e. The lowest BCUT2D eigenvalue weighted by Gasteiger charge is -2.32. The summed E-state index contributed by atoms with van der Waals surface area (Å²) < 4.78 is 54.9. The van der Waals surface area contributed by atoms with Gasteiger partial charge in [0.05, 0.1) is 18.3 Å². The largest absolute Gasteiger partial charge is 0.494 e. The van der Waals surface area contributed by atoms with E-state index < -0.39 is 17.7 Å². The number of benzene rings is 1.